The van der Waals surface area contributed by atoms with Gasteiger partial charge in [-0.3, -0.25) is 0 Å². The molecule has 8 bridgehead atoms. The van der Waals surface area contributed by atoms with E-state index in [4.69, 9.17) is 18.9 Å². The van der Waals surface area contributed by atoms with Crippen LogP contribution in [0.3, 0.4) is 0 Å². The highest BCUT2D eigenvalue weighted by molar-refractivity contribution is 5.90. The zero-order valence-electron chi connectivity index (χ0n) is 25.9. The molecule has 0 aromatic carbocycles. The molecule has 8 aliphatic rings. The molecule has 0 N–H and O–H groups in total. The number of carbonyl (C=O) groups is 2. The second-order valence-corrected chi connectivity index (χ2v) is 14.8. The molecule has 8 saturated carbocycles. The predicted octanol–water partition coefficient (Wildman–Crippen LogP) is 6.97. The van der Waals surface area contributed by atoms with E-state index in [1.54, 1.807) is 21.1 Å². The number of methoxy groups -OCH3 is 2. The summed E-state index contributed by atoms with van der Waals surface area (Å²) in [7, 11) is 3.13. The molecule has 0 amide bonds. The molecule has 12 atom stereocenters. The van der Waals surface area contributed by atoms with Gasteiger partial charge in [0.2, 0.25) is 0 Å². The third-order valence-corrected chi connectivity index (χ3v) is 13.0. The number of esters is 2. The van der Waals surface area contributed by atoms with Crippen LogP contribution in [-0.4, -0.2) is 61.4 Å². The first kappa shape index (κ1) is 31.6. The van der Waals surface area contributed by atoms with Crippen molar-refractivity contribution in [3.63, 3.8) is 0 Å². The van der Waals surface area contributed by atoms with Crippen LogP contribution in [0.15, 0.2) is 0 Å². The third-order valence-electron chi connectivity index (χ3n) is 13.0. The van der Waals surface area contributed by atoms with Gasteiger partial charge in [-0.1, -0.05) is 26.7 Å². The van der Waals surface area contributed by atoms with Crippen LogP contribution in [-0.2, 0) is 28.5 Å². The number of alkyl halides is 4. The van der Waals surface area contributed by atoms with E-state index in [0.717, 1.165) is 32.1 Å². The summed E-state index contributed by atoms with van der Waals surface area (Å²) in [5, 5.41) is 0. The quantitative estimate of drug-likeness (QED) is 0.134. The summed E-state index contributed by atoms with van der Waals surface area (Å²) < 4.78 is 85.5. The van der Waals surface area contributed by atoms with Gasteiger partial charge in [-0.2, -0.15) is 17.6 Å². The molecule has 244 valence electrons. The minimum atomic E-state index is -5.39. The number of halogens is 4. The van der Waals surface area contributed by atoms with Gasteiger partial charge in [-0.25, -0.2) is 9.59 Å². The van der Waals surface area contributed by atoms with Gasteiger partial charge in [0, 0.05) is 26.1 Å². The first-order valence-electron chi connectivity index (χ1n) is 16.7. The molecule has 8 aliphatic carbocycles. The Morgan fingerprint density at radius 2 is 1.14 bits per heavy atom. The Labute approximate surface area is 252 Å². The summed E-state index contributed by atoms with van der Waals surface area (Å²) >= 11 is 0. The fraction of sp³-hybridized carbons (Fsp3) is 0.939. The second kappa shape index (κ2) is 11.1. The lowest BCUT2D eigenvalue weighted by Crippen LogP contribution is -2.68. The molecular weight excluding hydrogens is 568 g/mol. The van der Waals surface area contributed by atoms with Crippen molar-refractivity contribution in [1.82, 2.24) is 0 Å². The summed E-state index contributed by atoms with van der Waals surface area (Å²) in [6, 6.07) is 0. The van der Waals surface area contributed by atoms with Gasteiger partial charge >= 0.3 is 23.8 Å². The van der Waals surface area contributed by atoms with Crippen LogP contribution in [0.2, 0.25) is 0 Å². The lowest BCUT2D eigenvalue weighted by Gasteiger charge is -2.63. The topological polar surface area (TPSA) is 71.1 Å². The molecule has 43 heavy (non-hydrogen) atoms. The second-order valence-electron chi connectivity index (χ2n) is 14.8. The summed E-state index contributed by atoms with van der Waals surface area (Å²) in [6.07, 6.45) is 8.23. The van der Waals surface area contributed by atoms with Crippen molar-refractivity contribution in [1.29, 1.82) is 0 Å². The van der Waals surface area contributed by atoms with E-state index in [2.05, 4.69) is 0 Å². The van der Waals surface area contributed by atoms with Crippen LogP contribution in [0.5, 0.6) is 0 Å². The van der Waals surface area contributed by atoms with Crippen molar-refractivity contribution in [3.05, 3.63) is 0 Å². The van der Waals surface area contributed by atoms with Gasteiger partial charge in [0.05, 0.1) is 12.2 Å². The van der Waals surface area contributed by atoms with Crippen LogP contribution in [0.4, 0.5) is 17.6 Å². The maximum absolute atomic E-state index is 15.7. The molecule has 8 fully saturated rings. The van der Waals surface area contributed by atoms with Crippen LogP contribution in [0, 0.1) is 47.3 Å². The number of rotatable bonds is 12. The molecule has 6 nitrogen and oxygen atoms in total. The van der Waals surface area contributed by atoms with Crippen molar-refractivity contribution >= 4 is 11.9 Å². The van der Waals surface area contributed by atoms with E-state index in [1.165, 1.54) is 0 Å². The van der Waals surface area contributed by atoms with E-state index in [0.29, 0.717) is 56.8 Å². The summed E-state index contributed by atoms with van der Waals surface area (Å²) in [4.78, 5) is 26.5. The molecule has 0 radical (unpaired) electrons. The normalized spacial score (nSPS) is 44.6. The van der Waals surface area contributed by atoms with E-state index >= 15 is 17.6 Å². The van der Waals surface area contributed by atoms with E-state index in [9.17, 15) is 9.59 Å². The number of hydrogen-bond donors (Lipinski definition) is 0. The van der Waals surface area contributed by atoms with Crippen molar-refractivity contribution < 1.29 is 46.1 Å². The fourth-order valence-corrected chi connectivity index (χ4v) is 11.4. The van der Waals surface area contributed by atoms with Crippen LogP contribution < -0.4 is 0 Å². The minimum absolute atomic E-state index is 0.194. The average molecular weight is 617 g/mol. The average Bonchev–Trinajstić information content (AvgIpc) is 2.97. The van der Waals surface area contributed by atoms with Gasteiger partial charge in [0.15, 0.2) is 0 Å². The summed E-state index contributed by atoms with van der Waals surface area (Å²) in [5.41, 5.74) is -2.65. The van der Waals surface area contributed by atoms with E-state index < -0.39 is 35.0 Å². The zero-order chi connectivity index (χ0) is 30.9. The molecule has 0 aromatic heterocycles. The lowest BCUT2D eigenvalue weighted by atomic mass is 9.47. The monoisotopic (exact) mass is 616 g/mol. The minimum Gasteiger partial charge on any atom is -0.454 e. The maximum atomic E-state index is 15.7. The molecule has 0 saturated heterocycles. The van der Waals surface area contributed by atoms with Crippen molar-refractivity contribution in [3.8, 4) is 0 Å². The Hall–Kier alpha value is -1.42. The highest BCUT2D eigenvalue weighted by Crippen LogP contribution is 2.63. The molecule has 0 heterocycles. The largest absolute Gasteiger partial charge is 0.454 e. The molecular formula is C33H48F4O6. The number of hydrogen-bond acceptors (Lipinski definition) is 6. The molecule has 0 spiro atoms. The van der Waals surface area contributed by atoms with Gasteiger partial charge < -0.3 is 18.9 Å². The smallest absolute Gasteiger partial charge is 0.415 e. The highest BCUT2D eigenvalue weighted by Gasteiger charge is 2.74. The van der Waals surface area contributed by atoms with Crippen molar-refractivity contribution in [2.45, 2.75) is 133 Å². The van der Waals surface area contributed by atoms with Crippen LogP contribution in [0.1, 0.15) is 97.3 Å². The van der Waals surface area contributed by atoms with Gasteiger partial charge in [0.1, 0.15) is 11.2 Å². The molecule has 0 aliphatic heterocycles. The van der Waals surface area contributed by atoms with E-state index in [-0.39, 0.29) is 54.1 Å². The Kier molecular flexibility index (Phi) is 8.17. The molecule has 0 aromatic rings. The van der Waals surface area contributed by atoms with Gasteiger partial charge in [-0.15, -0.1) is 0 Å². The van der Waals surface area contributed by atoms with Crippen molar-refractivity contribution in [2.24, 2.45) is 47.3 Å². The Morgan fingerprint density at radius 3 is 1.60 bits per heavy atom. The molecule has 12 unspecified atom stereocenters. The SMILES string of the molecule is CCCCCC1(OC(=O)C(F)(F)C(F)(F)C(=O)OC2(CC)C3CC4CC(C3)C(OC)C2C4)C2CC3CC(C2)C(OC)C1C3. The highest BCUT2D eigenvalue weighted by atomic mass is 19.3. The number of ether oxygens (including phenoxy) is 4. The van der Waals surface area contributed by atoms with Crippen LogP contribution >= 0.6 is 0 Å². The predicted molar refractivity (Wildman–Crippen MR) is 148 cm³/mol. The first-order chi connectivity index (χ1) is 20.4. The molecule has 8 rings (SSSR count). The van der Waals surface area contributed by atoms with Crippen LogP contribution in [0.25, 0.3) is 0 Å². The fourth-order valence-electron chi connectivity index (χ4n) is 11.4. The maximum Gasteiger partial charge on any atom is 0.415 e. The summed E-state index contributed by atoms with van der Waals surface area (Å²) in [6.45, 7) is 3.75. The first-order valence-corrected chi connectivity index (χ1v) is 16.7. The standard InChI is InChI=1S/C33H48F4O6/c1-5-7-8-9-31(23-13-19-11-21(17-23)27(41-4)25(31)15-19)43-29(39)33(36,37)32(34,35)28(38)42-30(6-2)22-12-18-10-20(16-22)26(40-3)24(30)14-18/h18-27H,5-17H2,1-4H3. The van der Waals surface area contributed by atoms with Gasteiger partial charge in [-0.05, 0) is 106 Å². The number of unbranched alkanes of at least 4 members (excludes halogenated alkanes) is 2. The lowest BCUT2D eigenvalue weighted by molar-refractivity contribution is -0.286. The Morgan fingerprint density at radius 1 is 0.674 bits per heavy atom. The Balaban J connectivity index is 1.25. The van der Waals surface area contributed by atoms with Crippen molar-refractivity contribution in [2.75, 3.05) is 14.2 Å². The summed E-state index contributed by atoms with van der Waals surface area (Å²) in [5.74, 6) is -15.3. The van der Waals surface area contributed by atoms with Gasteiger partial charge in [0.25, 0.3) is 0 Å². The third kappa shape index (κ3) is 4.60. The Bertz CT molecular complexity index is 1090. The molecule has 10 heteroatoms. The number of carbonyl (C=O) groups excluding carboxylic acids is 2. The van der Waals surface area contributed by atoms with E-state index in [1.807, 2.05) is 6.92 Å². The zero-order valence-corrected chi connectivity index (χ0v) is 25.9.